The lowest BCUT2D eigenvalue weighted by molar-refractivity contribution is 0.0394. The lowest BCUT2D eigenvalue weighted by Gasteiger charge is -2.34. The molecule has 118 valence electrons. The minimum atomic E-state index is 0.0915. The summed E-state index contributed by atoms with van der Waals surface area (Å²) in [7, 11) is 0. The van der Waals surface area contributed by atoms with E-state index in [1.807, 2.05) is 16.6 Å². The van der Waals surface area contributed by atoms with Gasteiger partial charge in [-0.25, -0.2) is 4.98 Å². The van der Waals surface area contributed by atoms with E-state index in [-0.39, 0.29) is 6.10 Å². The van der Waals surface area contributed by atoms with Gasteiger partial charge in [0, 0.05) is 30.9 Å². The van der Waals surface area contributed by atoms with Crippen LogP contribution in [0.1, 0.15) is 24.3 Å². The summed E-state index contributed by atoms with van der Waals surface area (Å²) in [6.45, 7) is 4.54. The molecular weight excluding hydrogens is 288 g/mol. The van der Waals surface area contributed by atoms with Gasteiger partial charge in [0.25, 0.3) is 0 Å². The van der Waals surface area contributed by atoms with Gasteiger partial charge in [-0.1, -0.05) is 37.3 Å². The lowest BCUT2D eigenvalue weighted by Crippen LogP contribution is -2.39. The second kappa shape index (κ2) is 6.01. The SMILES string of the molecule is CCc1cc(N2CCO[C@@H](c3ccccc3)C2)n2nccc2n1. The Hall–Kier alpha value is -2.40. The Morgan fingerprint density at radius 2 is 2.09 bits per heavy atom. The van der Waals surface area contributed by atoms with Crippen molar-refractivity contribution in [3.05, 3.63) is 59.9 Å². The number of fused-ring (bicyclic) bond motifs is 1. The zero-order valence-electron chi connectivity index (χ0n) is 13.2. The Bertz CT molecular complexity index is 799. The van der Waals surface area contributed by atoms with Crippen molar-refractivity contribution in [3.63, 3.8) is 0 Å². The molecule has 1 aliphatic rings. The van der Waals surface area contributed by atoms with Crippen molar-refractivity contribution in [1.82, 2.24) is 14.6 Å². The zero-order chi connectivity index (χ0) is 15.6. The Balaban J connectivity index is 1.69. The van der Waals surface area contributed by atoms with E-state index in [9.17, 15) is 0 Å². The van der Waals surface area contributed by atoms with Crippen molar-refractivity contribution in [2.24, 2.45) is 0 Å². The molecule has 0 amide bonds. The van der Waals surface area contributed by atoms with E-state index in [0.717, 1.165) is 36.7 Å². The second-order valence-electron chi connectivity index (χ2n) is 5.78. The first-order valence-corrected chi connectivity index (χ1v) is 8.10. The highest BCUT2D eigenvalue weighted by atomic mass is 16.5. The van der Waals surface area contributed by atoms with Crippen LogP contribution in [-0.4, -0.2) is 34.3 Å². The molecule has 0 aliphatic carbocycles. The summed E-state index contributed by atoms with van der Waals surface area (Å²) in [5.74, 6) is 1.10. The molecule has 0 unspecified atom stereocenters. The molecule has 0 bridgehead atoms. The first kappa shape index (κ1) is 14.2. The van der Waals surface area contributed by atoms with E-state index >= 15 is 0 Å². The molecule has 23 heavy (non-hydrogen) atoms. The second-order valence-corrected chi connectivity index (χ2v) is 5.78. The third-order valence-corrected chi connectivity index (χ3v) is 4.32. The molecule has 3 aromatic rings. The van der Waals surface area contributed by atoms with Crippen molar-refractivity contribution in [3.8, 4) is 0 Å². The number of anilines is 1. The molecule has 1 aromatic carbocycles. The van der Waals surface area contributed by atoms with Crippen LogP contribution in [0.15, 0.2) is 48.7 Å². The zero-order valence-corrected chi connectivity index (χ0v) is 13.2. The van der Waals surface area contributed by atoms with E-state index in [2.05, 4.69) is 52.2 Å². The molecule has 4 rings (SSSR count). The molecule has 5 heteroatoms. The van der Waals surface area contributed by atoms with Gasteiger partial charge >= 0.3 is 0 Å². The smallest absolute Gasteiger partial charge is 0.157 e. The van der Waals surface area contributed by atoms with Crippen molar-refractivity contribution >= 4 is 11.5 Å². The predicted molar refractivity (Wildman–Crippen MR) is 89.7 cm³/mol. The van der Waals surface area contributed by atoms with Gasteiger partial charge in [-0.05, 0) is 12.0 Å². The maximum absolute atomic E-state index is 5.98. The van der Waals surface area contributed by atoms with Gasteiger partial charge in [0.15, 0.2) is 5.65 Å². The van der Waals surface area contributed by atoms with Crippen molar-refractivity contribution in [2.45, 2.75) is 19.4 Å². The molecule has 0 radical (unpaired) electrons. The van der Waals surface area contributed by atoms with Crippen LogP contribution in [0.3, 0.4) is 0 Å². The normalized spacial score (nSPS) is 18.5. The number of rotatable bonds is 3. The molecule has 0 spiro atoms. The number of aryl methyl sites for hydroxylation is 1. The van der Waals surface area contributed by atoms with Crippen LogP contribution in [0.4, 0.5) is 5.82 Å². The molecule has 3 heterocycles. The molecule has 1 atom stereocenters. The van der Waals surface area contributed by atoms with E-state index < -0.39 is 0 Å². The summed E-state index contributed by atoms with van der Waals surface area (Å²) in [6, 6.07) is 14.5. The van der Waals surface area contributed by atoms with Crippen molar-refractivity contribution in [2.75, 3.05) is 24.6 Å². The Morgan fingerprint density at radius 3 is 2.91 bits per heavy atom. The molecule has 1 fully saturated rings. The van der Waals surface area contributed by atoms with Gasteiger partial charge in [-0.2, -0.15) is 9.61 Å². The highest BCUT2D eigenvalue weighted by Gasteiger charge is 2.24. The van der Waals surface area contributed by atoms with Gasteiger partial charge in [-0.15, -0.1) is 0 Å². The Labute approximate surface area is 135 Å². The molecule has 5 nitrogen and oxygen atoms in total. The van der Waals surface area contributed by atoms with Crippen molar-refractivity contribution in [1.29, 1.82) is 0 Å². The van der Waals surface area contributed by atoms with Crippen LogP contribution < -0.4 is 4.90 Å². The Morgan fingerprint density at radius 1 is 1.22 bits per heavy atom. The number of hydrogen-bond donors (Lipinski definition) is 0. The minimum Gasteiger partial charge on any atom is -0.370 e. The predicted octanol–water partition coefficient (Wildman–Crippen LogP) is 2.87. The van der Waals surface area contributed by atoms with Gasteiger partial charge in [-0.3, -0.25) is 0 Å². The Kier molecular flexibility index (Phi) is 3.71. The number of nitrogens with zero attached hydrogens (tertiary/aromatic N) is 4. The summed E-state index contributed by atoms with van der Waals surface area (Å²) in [5, 5.41) is 4.44. The lowest BCUT2D eigenvalue weighted by atomic mass is 10.1. The first-order chi connectivity index (χ1) is 11.3. The molecule has 0 N–H and O–H groups in total. The van der Waals surface area contributed by atoms with Crippen molar-refractivity contribution < 1.29 is 4.74 Å². The van der Waals surface area contributed by atoms with Gasteiger partial charge in [0.1, 0.15) is 11.9 Å². The number of hydrogen-bond acceptors (Lipinski definition) is 4. The first-order valence-electron chi connectivity index (χ1n) is 8.10. The number of benzene rings is 1. The maximum Gasteiger partial charge on any atom is 0.157 e. The minimum absolute atomic E-state index is 0.0915. The molecule has 1 saturated heterocycles. The highest BCUT2D eigenvalue weighted by Crippen LogP contribution is 2.26. The van der Waals surface area contributed by atoms with E-state index in [1.54, 1.807) is 6.20 Å². The molecular formula is C18H20N4O. The molecule has 2 aromatic heterocycles. The van der Waals surface area contributed by atoms with E-state index in [0.29, 0.717) is 6.61 Å². The highest BCUT2D eigenvalue weighted by molar-refractivity contribution is 5.51. The fraction of sp³-hybridized carbons (Fsp3) is 0.333. The summed E-state index contributed by atoms with van der Waals surface area (Å²) in [4.78, 5) is 6.98. The average Bonchev–Trinajstić information content (AvgIpc) is 3.10. The van der Waals surface area contributed by atoms with E-state index in [4.69, 9.17) is 4.74 Å². The monoisotopic (exact) mass is 308 g/mol. The summed E-state index contributed by atoms with van der Waals surface area (Å²) in [5.41, 5.74) is 3.22. The summed E-state index contributed by atoms with van der Waals surface area (Å²) in [6.07, 6.45) is 2.82. The summed E-state index contributed by atoms with van der Waals surface area (Å²) >= 11 is 0. The third kappa shape index (κ3) is 2.68. The van der Waals surface area contributed by atoms with Crippen LogP contribution in [0.25, 0.3) is 5.65 Å². The van der Waals surface area contributed by atoms with Crippen LogP contribution in [0.2, 0.25) is 0 Å². The maximum atomic E-state index is 5.98. The van der Waals surface area contributed by atoms with Crippen LogP contribution in [0.5, 0.6) is 0 Å². The fourth-order valence-electron chi connectivity index (χ4n) is 3.08. The largest absolute Gasteiger partial charge is 0.370 e. The summed E-state index contributed by atoms with van der Waals surface area (Å²) < 4.78 is 7.90. The molecule has 1 aliphatic heterocycles. The van der Waals surface area contributed by atoms with Crippen LogP contribution in [-0.2, 0) is 11.2 Å². The third-order valence-electron chi connectivity index (χ3n) is 4.32. The number of morpholine rings is 1. The quantitative estimate of drug-likeness (QED) is 0.746. The number of aromatic nitrogens is 3. The van der Waals surface area contributed by atoms with Crippen LogP contribution >= 0.6 is 0 Å². The van der Waals surface area contributed by atoms with Crippen LogP contribution in [0, 0.1) is 0 Å². The van der Waals surface area contributed by atoms with E-state index in [1.165, 1.54) is 5.56 Å². The van der Waals surface area contributed by atoms with Gasteiger partial charge in [0.05, 0.1) is 12.8 Å². The number of ether oxygens (including phenoxy) is 1. The van der Waals surface area contributed by atoms with Gasteiger partial charge in [0.2, 0.25) is 0 Å². The van der Waals surface area contributed by atoms with Gasteiger partial charge < -0.3 is 9.64 Å². The fourth-order valence-corrected chi connectivity index (χ4v) is 3.08. The average molecular weight is 308 g/mol. The molecule has 0 saturated carbocycles. The standard InChI is InChI=1S/C18H20N4O/c1-2-15-12-18(22-17(20-15)8-9-19-22)21-10-11-23-16(13-21)14-6-4-3-5-7-14/h3-9,12,16H,2,10-11,13H2,1H3/t16-/m1/s1. The topological polar surface area (TPSA) is 42.7 Å².